The van der Waals surface area contributed by atoms with Gasteiger partial charge in [0, 0.05) is 31.2 Å². The zero-order valence-electron chi connectivity index (χ0n) is 13.1. The van der Waals surface area contributed by atoms with Crippen molar-refractivity contribution in [3.63, 3.8) is 0 Å². The van der Waals surface area contributed by atoms with Gasteiger partial charge in [-0.2, -0.15) is 0 Å². The van der Waals surface area contributed by atoms with E-state index in [2.05, 4.69) is 17.3 Å². The maximum absolute atomic E-state index is 13.0. The Labute approximate surface area is 136 Å². The van der Waals surface area contributed by atoms with Crippen LogP contribution in [0.3, 0.4) is 0 Å². The summed E-state index contributed by atoms with van der Waals surface area (Å²) in [5, 5.41) is 3.20. The Bertz CT molecular complexity index is 526. The number of benzene rings is 1. The zero-order valence-corrected chi connectivity index (χ0v) is 13.9. The molecule has 0 radical (unpaired) electrons. The summed E-state index contributed by atoms with van der Waals surface area (Å²) in [6.45, 7) is 5.84. The highest BCUT2D eigenvalue weighted by molar-refractivity contribution is 6.31. The van der Waals surface area contributed by atoms with Crippen molar-refractivity contribution >= 4 is 17.6 Å². The van der Waals surface area contributed by atoms with E-state index in [1.54, 1.807) is 6.07 Å². The smallest absolute Gasteiger partial charge is 0.317 e. The van der Waals surface area contributed by atoms with E-state index in [1.165, 1.54) is 12.1 Å². The molecule has 1 aliphatic rings. The molecule has 0 saturated carbocycles. The average Bonchev–Trinajstić information content (AvgIpc) is 2.89. The molecule has 1 aromatic rings. The van der Waals surface area contributed by atoms with Gasteiger partial charge >= 0.3 is 6.03 Å². The van der Waals surface area contributed by atoms with Gasteiger partial charge in [0.1, 0.15) is 5.82 Å². The van der Waals surface area contributed by atoms with Gasteiger partial charge in [-0.3, -0.25) is 0 Å². The molecule has 2 amide bonds. The maximum Gasteiger partial charge on any atom is 0.317 e. The number of halogens is 2. The Kier molecular flexibility index (Phi) is 6.03. The first kappa shape index (κ1) is 17.0. The summed E-state index contributed by atoms with van der Waals surface area (Å²) in [4.78, 5) is 16.4. The summed E-state index contributed by atoms with van der Waals surface area (Å²) in [5.74, 6) is 0.158. The SMILES string of the molecule is CCN(CC1CCN(C)C1)C(=O)NCc1ccc(F)cc1Cl. The van der Waals surface area contributed by atoms with Gasteiger partial charge in [0.05, 0.1) is 0 Å². The fourth-order valence-corrected chi connectivity index (χ4v) is 3.02. The second kappa shape index (κ2) is 7.79. The van der Waals surface area contributed by atoms with Crippen molar-refractivity contribution in [3.05, 3.63) is 34.6 Å². The largest absolute Gasteiger partial charge is 0.334 e. The number of urea groups is 1. The zero-order chi connectivity index (χ0) is 16.1. The van der Waals surface area contributed by atoms with Crippen LogP contribution in [-0.2, 0) is 6.54 Å². The van der Waals surface area contributed by atoms with Crippen LogP contribution in [0.4, 0.5) is 9.18 Å². The van der Waals surface area contributed by atoms with Crippen LogP contribution in [0, 0.1) is 11.7 Å². The van der Waals surface area contributed by atoms with Gasteiger partial charge in [0.15, 0.2) is 0 Å². The molecule has 0 aromatic heterocycles. The Morgan fingerprint density at radius 3 is 2.91 bits per heavy atom. The van der Waals surface area contributed by atoms with Crippen LogP contribution in [-0.4, -0.2) is 49.1 Å². The van der Waals surface area contributed by atoms with E-state index in [1.807, 2.05) is 11.8 Å². The number of nitrogens with one attached hydrogen (secondary N) is 1. The fourth-order valence-electron chi connectivity index (χ4n) is 2.79. The molecule has 1 aliphatic heterocycles. The van der Waals surface area contributed by atoms with E-state index >= 15 is 0 Å². The third-order valence-corrected chi connectivity index (χ3v) is 4.43. The molecular formula is C16H23ClFN3O. The van der Waals surface area contributed by atoms with E-state index in [0.29, 0.717) is 29.6 Å². The maximum atomic E-state index is 13.0. The first-order valence-electron chi connectivity index (χ1n) is 7.64. The summed E-state index contributed by atoms with van der Waals surface area (Å²) in [6.07, 6.45) is 1.13. The third kappa shape index (κ3) is 4.58. The molecule has 1 unspecified atom stereocenters. The normalized spacial score (nSPS) is 18.5. The molecule has 22 heavy (non-hydrogen) atoms. The molecule has 1 aromatic carbocycles. The van der Waals surface area contributed by atoms with Crippen molar-refractivity contribution in [1.82, 2.24) is 15.1 Å². The molecule has 1 N–H and O–H groups in total. The molecule has 4 nitrogen and oxygen atoms in total. The molecule has 1 atom stereocenters. The lowest BCUT2D eigenvalue weighted by atomic mass is 10.1. The first-order valence-corrected chi connectivity index (χ1v) is 8.02. The van der Waals surface area contributed by atoms with Crippen molar-refractivity contribution in [2.75, 3.05) is 33.2 Å². The van der Waals surface area contributed by atoms with Gasteiger partial charge in [-0.25, -0.2) is 9.18 Å². The Morgan fingerprint density at radius 1 is 1.55 bits per heavy atom. The molecule has 1 heterocycles. The fraction of sp³-hybridized carbons (Fsp3) is 0.562. The van der Waals surface area contributed by atoms with Gasteiger partial charge < -0.3 is 15.1 Å². The highest BCUT2D eigenvalue weighted by Gasteiger charge is 2.23. The second-order valence-electron chi connectivity index (χ2n) is 5.85. The molecule has 0 spiro atoms. The number of rotatable bonds is 5. The third-order valence-electron chi connectivity index (χ3n) is 4.08. The van der Waals surface area contributed by atoms with Crippen molar-refractivity contribution in [2.24, 2.45) is 5.92 Å². The topological polar surface area (TPSA) is 35.6 Å². The lowest BCUT2D eigenvalue weighted by Gasteiger charge is -2.24. The summed E-state index contributed by atoms with van der Waals surface area (Å²) in [7, 11) is 2.10. The van der Waals surface area contributed by atoms with Crippen molar-refractivity contribution < 1.29 is 9.18 Å². The van der Waals surface area contributed by atoms with E-state index < -0.39 is 0 Å². The van der Waals surface area contributed by atoms with Gasteiger partial charge in [-0.1, -0.05) is 17.7 Å². The van der Waals surface area contributed by atoms with Crippen LogP contribution in [0.2, 0.25) is 5.02 Å². The summed E-state index contributed by atoms with van der Waals surface area (Å²) < 4.78 is 13.0. The summed E-state index contributed by atoms with van der Waals surface area (Å²) in [5.41, 5.74) is 0.716. The van der Waals surface area contributed by atoms with Crippen molar-refractivity contribution in [3.8, 4) is 0 Å². The van der Waals surface area contributed by atoms with Crippen LogP contribution >= 0.6 is 11.6 Å². The number of likely N-dealkylation sites (tertiary alicyclic amines) is 1. The van der Waals surface area contributed by atoms with Gasteiger partial charge in [0.25, 0.3) is 0 Å². The van der Waals surface area contributed by atoms with Crippen LogP contribution in [0.25, 0.3) is 0 Å². The molecule has 6 heteroatoms. The molecule has 1 fully saturated rings. The van der Waals surface area contributed by atoms with E-state index in [-0.39, 0.29) is 11.8 Å². The van der Waals surface area contributed by atoms with Crippen LogP contribution in [0.1, 0.15) is 18.9 Å². The monoisotopic (exact) mass is 327 g/mol. The summed E-state index contributed by atoms with van der Waals surface area (Å²) >= 11 is 5.97. The Balaban J connectivity index is 1.86. The molecule has 0 bridgehead atoms. The Morgan fingerprint density at radius 2 is 2.32 bits per heavy atom. The second-order valence-corrected chi connectivity index (χ2v) is 6.26. The number of hydrogen-bond donors (Lipinski definition) is 1. The summed E-state index contributed by atoms with van der Waals surface area (Å²) in [6, 6.07) is 4.10. The minimum absolute atomic E-state index is 0.0996. The highest BCUT2D eigenvalue weighted by Crippen LogP contribution is 2.18. The molecule has 122 valence electrons. The minimum atomic E-state index is -0.374. The number of amides is 2. The molecule has 1 saturated heterocycles. The lowest BCUT2D eigenvalue weighted by Crippen LogP contribution is -2.42. The predicted octanol–water partition coefficient (Wildman–Crippen LogP) is 2.96. The van der Waals surface area contributed by atoms with E-state index in [0.717, 1.165) is 26.1 Å². The van der Waals surface area contributed by atoms with Crippen LogP contribution in [0.5, 0.6) is 0 Å². The van der Waals surface area contributed by atoms with E-state index in [9.17, 15) is 9.18 Å². The van der Waals surface area contributed by atoms with Crippen LogP contribution in [0.15, 0.2) is 18.2 Å². The average molecular weight is 328 g/mol. The standard InChI is InChI=1S/C16H23ClFN3O/c1-3-21(11-12-6-7-20(2)10-12)16(22)19-9-13-4-5-14(18)8-15(13)17/h4-5,8,12H,3,6-7,9-11H2,1-2H3,(H,19,22). The number of nitrogens with zero attached hydrogens (tertiary/aromatic N) is 2. The predicted molar refractivity (Wildman–Crippen MR) is 86.5 cm³/mol. The molecular weight excluding hydrogens is 305 g/mol. The van der Waals surface area contributed by atoms with Gasteiger partial charge in [-0.15, -0.1) is 0 Å². The number of hydrogen-bond acceptors (Lipinski definition) is 2. The van der Waals surface area contributed by atoms with Gasteiger partial charge in [0.2, 0.25) is 0 Å². The highest BCUT2D eigenvalue weighted by atomic mass is 35.5. The number of carbonyl (C=O) groups is 1. The lowest BCUT2D eigenvalue weighted by molar-refractivity contribution is 0.190. The number of carbonyl (C=O) groups excluding carboxylic acids is 1. The minimum Gasteiger partial charge on any atom is -0.334 e. The molecule has 2 rings (SSSR count). The Hall–Kier alpha value is -1.33. The van der Waals surface area contributed by atoms with Crippen molar-refractivity contribution in [1.29, 1.82) is 0 Å². The molecule has 0 aliphatic carbocycles. The van der Waals surface area contributed by atoms with Crippen LogP contribution < -0.4 is 5.32 Å². The van der Waals surface area contributed by atoms with E-state index in [4.69, 9.17) is 11.6 Å². The van der Waals surface area contributed by atoms with Gasteiger partial charge in [-0.05, 0) is 50.6 Å². The first-order chi connectivity index (χ1) is 10.5. The quantitative estimate of drug-likeness (QED) is 0.902. The van der Waals surface area contributed by atoms with Crippen molar-refractivity contribution in [2.45, 2.75) is 19.9 Å².